The standard InChI is InChI=1S/C26H22N6O/c1-18-12-13-20(26(33)27-15-19-8-4-2-5-9-19)14-23(18)31-24-22-16-30-32(25(22)29-17-28-24)21-10-6-3-7-11-21/h2-14,16-17H,15H2,1H3,(H,27,33)(H,28,29,31). The fraction of sp³-hybridized carbons (Fsp3) is 0.0769. The summed E-state index contributed by atoms with van der Waals surface area (Å²) in [5, 5.41) is 11.6. The Morgan fingerprint density at radius 3 is 2.48 bits per heavy atom. The zero-order chi connectivity index (χ0) is 22.6. The summed E-state index contributed by atoms with van der Waals surface area (Å²) in [7, 11) is 0. The molecular formula is C26H22N6O. The van der Waals surface area contributed by atoms with Crippen LogP contribution in [0.1, 0.15) is 21.5 Å². The zero-order valence-electron chi connectivity index (χ0n) is 18.1. The van der Waals surface area contributed by atoms with Crippen molar-refractivity contribution in [2.45, 2.75) is 13.5 Å². The number of aryl methyl sites for hydroxylation is 1. The van der Waals surface area contributed by atoms with E-state index < -0.39 is 0 Å². The van der Waals surface area contributed by atoms with E-state index in [9.17, 15) is 4.79 Å². The van der Waals surface area contributed by atoms with Crippen LogP contribution in [-0.2, 0) is 6.54 Å². The van der Waals surface area contributed by atoms with Crippen molar-refractivity contribution in [1.82, 2.24) is 25.1 Å². The molecule has 0 spiro atoms. The topological polar surface area (TPSA) is 84.7 Å². The van der Waals surface area contributed by atoms with Gasteiger partial charge in [-0.2, -0.15) is 5.10 Å². The van der Waals surface area contributed by atoms with Gasteiger partial charge >= 0.3 is 0 Å². The number of anilines is 2. The van der Waals surface area contributed by atoms with Crippen LogP contribution in [0.4, 0.5) is 11.5 Å². The monoisotopic (exact) mass is 434 g/mol. The smallest absolute Gasteiger partial charge is 0.251 e. The molecule has 2 N–H and O–H groups in total. The van der Waals surface area contributed by atoms with Crippen LogP contribution < -0.4 is 10.6 Å². The van der Waals surface area contributed by atoms with Crippen molar-refractivity contribution < 1.29 is 4.79 Å². The maximum atomic E-state index is 12.7. The molecule has 0 aliphatic carbocycles. The molecule has 7 heteroatoms. The maximum absolute atomic E-state index is 12.7. The van der Waals surface area contributed by atoms with E-state index in [0.29, 0.717) is 23.6 Å². The lowest BCUT2D eigenvalue weighted by Crippen LogP contribution is -2.22. The Morgan fingerprint density at radius 1 is 0.939 bits per heavy atom. The number of benzene rings is 3. The first-order chi connectivity index (χ1) is 16.2. The fourth-order valence-corrected chi connectivity index (χ4v) is 3.61. The molecule has 0 atom stereocenters. The molecule has 5 rings (SSSR count). The highest BCUT2D eigenvalue weighted by atomic mass is 16.1. The second-order valence-corrected chi connectivity index (χ2v) is 7.67. The first kappa shape index (κ1) is 20.4. The molecule has 0 bridgehead atoms. The molecular weight excluding hydrogens is 412 g/mol. The van der Waals surface area contributed by atoms with E-state index in [4.69, 9.17) is 0 Å². The largest absolute Gasteiger partial charge is 0.348 e. The molecule has 0 saturated carbocycles. The van der Waals surface area contributed by atoms with Crippen LogP contribution in [0.2, 0.25) is 0 Å². The number of rotatable bonds is 6. The SMILES string of the molecule is Cc1ccc(C(=O)NCc2ccccc2)cc1Nc1ncnc2c1cnn2-c1ccccc1. The number of amides is 1. The van der Waals surface area contributed by atoms with Gasteiger partial charge in [0, 0.05) is 17.8 Å². The normalized spacial score (nSPS) is 10.8. The summed E-state index contributed by atoms with van der Waals surface area (Å²) in [4.78, 5) is 21.6. The third-order valence-corrected chi connectivity index (χ3v) is 5.42. The van der Waals surface area contributed by atoms with Crippen LogP contribution in [0.3, 0.4) is 0 Å². The molecule has 1 amide bonds. The Morgan fingerprint density at radius 2 is 1.70 bits per heavy atom. The predicted octanol–water partition coefficient (Wildman–Crippen LogP) is 4.80. The summed E-state index contributed by atoms with van der Waals surface area (Å²) < 4.78 is 1.78. The lowest BCUT2D eigenvalue weighted by molar-refractivity contribution is 0.0951. The molecule has 0 fully saturated rings. The average molecular weight is 435 g/mol. The van der Waals surface area contributed by atoms with Crippen LogP contribution in [0.25, 0.3) is 16.7 Å². The van der Waals surface area contributed by atoms with E-state index in [2.05, 4.69) is 25.7 Å². The summed E-state index contributed by atoms with van der Waals surface area (Å²) in [5.74, 6) is 0.499. The van der Waals surface area contributed by atoms with E-state index in [1.54, 1.807) is 10.9 Å². The number of carbonyl (C=O) groups excluding carboxylic acids is 1. The van der Waals surface area contributed by atoms with Gasteiger partial charge in [-0.15, -0.1) is 0 Å². The van der Waals surface area contributed by atoms with Crippen LogP contribution in [0, 0.1) is 6.92 Å². The third-order valence-electron chi connectivity index (χ3n) is 5.42. The number of hydrogen-bond acceptors (Lipinski definition) is 5. The lowest BCUT2D eigenvalue weighted by atomic mass is 10.1. The molecule has 3 aromatic carbocycles. The van der Waals surface area contributed by atoms with Crippen molar-refractivity contribution in [1.29, 1.82) is 0 Å². The van der Waals surface area contributed by atoms with Crippen molar-refractivity contribution in [2.24, 2.45) is 0 Å². The molecule has 0 saturated heterocycles. The minimum Gasteiger partial charge on any atom is -0.348 e. The fourth-order valence-electron chi connectivity index (χ4n) is 3.61. The van der Waals surface area contributed by atoms with Gasteiger partial charge in [-0.05, 0) is 42.3 Å². The minimum atomic E-state index is -0.133. The Balaban J connectivity index is 1.40. The van der Waals surface area contributed by atoms with Gasteiger partial charge in [-0.3, -0.25) is 4.79 Å². The number of para-hydroxylation sites is 1. The van der Waals surface area contributed by atoms with Crippen molar-refractivity contribution >= 4 is 28.4 Å². The second-order valence-electron chi connectivity index (χ2n) is 7.67. The van der Waals surface area contributed by atoms with Crippen LogP contribution >= 0.6 is 0 Å². The Labute approximate surface area is 191 Å². The quantitative estimate of drug-likeness (QED) is 0.401. The first-order valence-electron chi connectivity index (χ1n) is 10.6. The predicted molar refractivity (Wildman–Crippen MR) is 129 cm³/mol. The number of carbonyl (C=O) groups is 1. The van der Waals surface area contributed by atoms with Gasteiger partial charge in [-0.25, -0.2) is 14.6 Å². The van der Waals surface area contributed by atoms with Crippen LogP contribution in [0.15, 0.2) is 91.4 Å². The number of hydrogen-bond donors (Lipinski definition) is 2. The van der Waals surface area contributed by atoms with E-state index in [0.717, 1.165) is 27.9 Å². The molecule has 7 nitrogen and oxygen atoms in total. The highest BCUT2D eigenvalue weighted by Gasteiger charge is 2.13. The average Bonchev–Trinajstić information content (AvgIpc) is 3.30. The minimum absolute atomic E-state index is 0.133. The van der Waals surface area contributed by atoms with E-state index in [1.165, 1.54) is 6.33 Å². The third kappa shape index (κ3) is 4.29. The van der Waals surface area contributed by atoms with Gasteiger partial charge in [0.15, 0.2) is 5.65 Å². The Bertz CT molecular complexity index is 1410. The van der Waals surface area contributed by atoms with Crippen molar-refractivity contribution in [3.8, 4) is 5.69 Å². The van der Waals surface area contributed by atoms with Crippen LogP contribution in [-0.4, -0.2) is 25.7 Å². The summed E-state index contributed by atoms with van der Waals surface area (Å²) in [6, 6.07) is 25.3. The highest BCUT2D eigenvalue weighted by Crippen LogP contribution is 2.27. The highest BCUT2D eigenvalue weighted by molar-refractivity contribution is 5.96. The van der Waals surface area contributed by atoms with Crippen molar-refractivity contribution in [3.05, 3.63) is 108 Å². The summed E-state index contributed by atoms with van der Waals surface area (Å²) in [5.41, 5.74) is 5.05. The van der Waals surface area contributed by atoms with Gasteiger partial charge in [-0.1, -0.05) is 54.6 Å². The van der Waals surface area contributed by atoms with Gasteiger partial charge in [0.05, 0.1) is 17.3 Å². The lowest BCUT2D eigenvalue weighted by Gasteiger charge is -2.12. The van der Waals surface area contributed by atoms with E-state index in [-0.39, 0.29) is 5.91 Å². The summed E-state index contributed by atoms with van der Waals surface area (Å²) >= 11 is 0. The molecule has 0 aliphatic heterocycles. The molecule has 2 aromatic heterocycles. The molecule has 0 aliphatic rings. The molecule has 0 unspecified atom stereocenters. The number of aromatic nitrogens is 4. The van der Waals surface area contributed by atoms with Crippen LogP contribution in [0.5, 0.6) is 0 Å². The molecule has 5 aromatic rings. The molecule has 0 radical (unpaired) electrons. The van der Waals surface area contributed by atoms with Gasteiger partial charge in [0.1, 0.15) is 12.1 Å². The zero-order valence-corrected chi connectivity index (χ0v) is 18.1. The number of fused-ring (bicyclic) bond motifs is 1. The van der Waals surface area contributed by atoms with Gasteiger partial charge in [0.2, 0.25) is 0 Å². The Hall–Kier alpha value is -4.52. The van der Waals surface area contributed by atoms with Crippen molar-refractivity contribution in [2.75, 3.05) is 5.32 Å². The first-order valence-corrected chi connectivity index (χ1v) is 10.6. The van der Waals surface area contributed by atoms with Crippen molar-refractivity contribution in [3.63, 3.8) is 0 Å². The molecule has 2 heterocycles. The van der Waals surface area contributed by atoms with Gasteiger partial charge < -0.3 is 10.6 Å². The second kappa shape index (κ2) is 8.92. The number of nitrogens with one attached hydrogen (secondary N) is 2. The number of nitrogens with zero attached hydrogens (tertiary/aromatic N) is 4. The van der Waals surface area contributed by atoms with Gasteiger partial charge in [0.25, 0.3) is 5.91 Å². The molecule has 33 heavy (non-hydrogen) atoms. The van der Waals surface area contributed by atoms with E-state index in [1.807, 2.05) is 85.8 Å². The Kier molecular flexibility index (Phi) is 5.51. The summed E-state index contributed by atoms with van der Waals surface area (Å²) in [6.45, 7) is 2.46. The maximum Gasteiger partial charge on any atom is 0.251 e. The van der Waals surface area contributed by atoms with E-state index >= 15 is 0 Å². The molecule has 162 valence electrons. The summed E-state index contributed by atoms with van der Waals surface area (Å²) in [6.07, 6.45) is 3.26.